The highest BCUT2D eigenvalue weighted by molar-refractivity contribution is 6.37. The number of esters is 1. The predicted octanol–water partition coefficient (Wildman–Crippen LogP) is 3.77. The maximum absolute atomic E-state index is 13.4. The SMILES string of the molecule is Cc1c(Cl)cnc(NC(=O)COC(=O)c2c(F)cccc2F)c1Cl. The van der Waals surface area contributed by atoms with Crippen molar-refractivity contribution in [2.75, 3.05) is 11.9 Å². The third-order valence-corrected chi connectivity index (χ3v) is 3.80. The van der Waals surface area contributed by atoms with Crippen molar-refractivity contribution in [1.29, 1.82) is 0 Å². The number of carbonyl (C=O) groups is 2. The Bertz CT molecular complexity index is 795. The summed E-state index contributed by atoms with van der Waals surface area (Å²) in [4.78, 5) is 27.3. The minimum atomic E-state index is -1.30. The van der Waals surface area contributed by atoms with Crippen LogP contribution < -0.4 is 5.32 Å². The first kappa shape index (κ1) is 18.1. The standard InChI is InChI=1S/C15H10Cl2F2N2O3/c1-7-8(16)5-20-14(13(7)17)21-11(22)6-24-15(23)12-9(18)3-2-4-10(12)19/h2-5H,6H2,1H3,(H,20,21,22). The number of nitrogens with zero attached hydrogens (tertiary/aromatic N) is 1. The molecule has 1 heterocycles. The molecule has 0 aliphatic heterocycles. The number of ether oxygens (including phenoxy) is 1. The van der Waals surface area contributed by atoms with Crippen LogP contribution in [0.5, 0.6) is 0 Å². The highest BCUT2D eigenvalue weighted by atomic mass is 35.5. The van der Waals surface area contributed by atoms with Gasteiger partial charge in [-0.1, -0.05) is 29.3 Å². The number of rotatable bonds is 4. The molecule has 0 radical (unpaired) electrons. The van der Waals surface area contributed by atoms with Gasteiger partial charge in [-0.3, -0.25) is 4.79 Å². The zero-order valence-corrected chi connectivity index (χ0v) is 13.7. The summed E-state index contributed by atoms with van der Waals surface area (Å²) in [6.45, 7) is 0.856. The molecule has 0 spiro atoms. The topological polar surface area (TPSA) is 68.3 Å². The molecule has 0 atom stereocenters. The van der Waals surface area contributed by atoms with Crippen LogP contribution in [0.1, 0.15) is 15.9 Å². The molecule has 0 fully saturated rings. The zero-order valence-electron chi connectivity index (χ0n) is 12.2. The second kappa shape index (κ2) is 7.55. The van der Waals surface area contributed by atoms with E-state index in [9.17, 15) is 18.4 Å². The van der Waals surface area contributed by atoms with Gasteiger partial charge in [0.1, 0.15) is 17.2 Å². The summed E-state index contributed by atoms with van der Waals surface area (Å²) in [7, 11) is 0. The summed E-state index contributed by atoms with van der Waals surface area (Å²) in [6, 6.07) is 2.91. The number of aromatic nitrogens is 1. The molecule has 1 aromatic heterocycles. The average molecular weight is 375 g/mol. The van der Waals surface area contributed by atoms with E-state index in [2.05, 4.69) is 15.0 Å². The molecule has 1 N–H and O–H groups in total. The van der Waals surface area contributed by atoms with E-state index in [1.54, 1.807) is 6.92 Å². The van der Waals surface area contributed by atoms with Crippen LogP contribution in [0.4, 0.5) is 14.6 Å². The molecule has 126 valence electrons. The number of hydrogen-bond acceptors (Lipinski definition) is 4. The molecule has 0 aliphatic carbocycles. The van der Waals surface area contributed by atoms with E-state index in [4.69, 9.17) is 23.2 Å². The predicted molar refractivity (Wildman–Crippen MR) is 84.3 cm³/mol. The van der Waals surface area contributed by atoms with E-state index < -0.39 is 35.7 Å². The molecule has 0 bridgehead atoms. The molecular formula is C15H10Cl2F2N2O3. The average Bonchev–Trinajstić information content (AvgIpc) is 2.53. The molecule has 0 saturated carbocycles. The van der Waals surface area contributed by atoms with Gasteiger partial charge >= 0.3 is 5.97 Å². The first-order valence-corrected chi connectivity index (χ1v) is 7.28. The minimum Gasteiger partial charge on any atom is -0.452 e. The summed E-state index contributed by atoms with van der Waals surface area (Å²) < 4.78 is 31.4. The van der Waals surface area contributed by atoms with E-state index >= 15 is 0 Å². The van der Waals surface area contributed by atoms with Gasteiger partial charge < -0.3 is 10.1 Å². The van der Waals surface area contributed by atoms with E-state index in [0.717, 1.165) is 18.2 Å². The van der Waals surface area contributed by atoms with Crippen molar-refractivity contribution in [3.63, 3.8) is 0 Å². The molecule has 24 heavy (non-hydrogen) atoms. The van der Waals surface area contributed by atoms with Crippen molar-refractivity contribution in [2.24, 2.45) is 0 Å². The van der Waals surface area contributed by atoms with Crippen molar-refractivity contribution in [2.45, 2.75) is 6.92 Å². The van der Waals surface area contributed by atoms with Gasteiger partial charge in [0.2, 0.25) is 0 Å². The van der Waals surface area contributed by atoms with Crippen LogP contribution in [-0.4, -0.2) is 23.5 Å². The monoisotopic (exact) mass is 374 g/mol. The second-order valence-electron chi connectivity index (χ2n) is 4.61. The van der Waals surface area contributed by atoms with Gasteiger partial charge in [0.15, 0.2) is 12.4 Å². The van der Waals surface area contributed by atoms with Crippen LogP contribution in [0.15, 0.2) is 24.4 Å². The van der Waals surface area contributed by atoms with Gasteiger partial charge in [-0.25, -0.2) is 18.6 Å². The molecule has 9 heteroatoms. The van der Waals surface area contributed by atoms with Crippen LogP contribution in [0.25, 0.3) is 0 Å². The Morgan fingerprint density at radius 3 is 2.50 bits per heavy atom. The van der Waals surface area contributed by atoms with Gasteiger partial charge in [-0.2, -0.15) is 0 Å². The fourth-order valence-electron chi connectivity index (χ4n) is 1.71. The molecule has 1 amide bonds. The number of anilines is 1. The van der Waals surface area contributed by atoms with E-state index in [-0.39, 0.29) is 10.8 Å². The number of amides is 1. The lowest BCUT2D eigenvalue weighted by Crippen LogP contribution is -2.22. The first-order chi connectivity index (χ1) is 11.3. The lowest BCUT2D eigenvalue weighted by atomic mass is 10.2. The molecule has 0 unspecified atom stereocenters. The maximum Gasteiger partial charge on any atom is 0.344 e. The van der Waals surface area contributed by atoms with Crippen LogP contribution >= 0.6 is 23.2 Å². The number of hydrogen-bond donors (Lipinski definition) is 1. The Kier molecular flexibility index (Phi) is 5.69. The number of halogens is 4. The van der Waals surface area contributed by atoms with Crippen molar-refractivity contribution < 1.29 is 23.1 Å². The molecule has 1 aromatic carbocycles. The Morgan fingerprint density at radius 2 is 1.88 bits per heavy atom. The number of carbonyl (C=O) groups excluding carboxylic acids is 2. The quantitative estimate of drug-likeness (QED) is 0.827. The second-order valence-corrected chi connectivity index (χ2v) is 5.40. The lowest BCUT2D eigenvalue weighted by molar-refractivity contribution is -0.119. The Morgan fingerprint density at radius 1 is 1.25 bits per heavy atom. The van der Waals surface area contributed by atoms with Gasteiger partial charge in [0.05, 0.1) is 10.0 Å². The van der Waals surface area contributed by atoms with E-state index in [1.807, 2.05) is 0 Å². The summed E-state index contributed by atoms with van der Waals surface area (Å²) in [5, 5.41) is 2.76. The van der Waals surface area contributed by atoms with Crippen LogP contribution in [-0.2, 0) is 9.53 Å². The third-order valence-electron chi connectivity index (χ3n) is 2.96. The molecule has 5 nitrogen and oxygen atoms in total. The molecule has 0 saturated heterocycles. The summed E-state index contributed by atoms with van der Waals surface area (Å²) in [5.41, 5.74) is -0.363. The summed E-state index contributed by atoms with van der Waals surface area (Å²) in [6.07, 6.45) is 1.29. The fraction of sp³-hybridized carbons (Fsp3) is 0.133. The Labute approximate surface area is 145 Å². The highest BCUT2D eigenvalue weighted by Gasteiger charge is 2.20. The van der Waals surface area contributed by atoms with Crippen molar-refractivity contribution in [3.05, 3.63) is 57.2 Å². The zero-order chi connectivity index (χ0) is 17.9. The summed E-state index contributed by atoms with van der Waals surface area (Å²) >= 11 is 11.8. The lowest BCUT2D eigenvalue weighted by Gasteiger charge is -2.10. The van der Waals surface area contributed by atoms with Crippen molar-refractivity contribution in [1.82, 2.24) is 4.98 Å². The van der Waals surface area contributed by atoms with Crippen LogP contribution in [0.2, 0.25) is 10.0 Å². The summed E-state index contributed by atoms with van der Waals surface area (Å²) in [5.74, 6) is -4.23. The van der Waals surface area contributed by atoms with Gasteiger partial charge in [-0.15, -0.1) is 0 Å². The molecular weight excluding hydrogens is 365 g/mol. The number of pyridine rings is 1. The minimum absolute atomic E-state index is 0.0247. The van der Waals surface area contributed by atoms with Crippen molar-refractivity contribution >= 4 is 40.9 Å². The van der Waals surface area contributed by atoms with Gasteiger partial charge in [-0.05, 0) is 24.6 Å². The van der Waals surface area contributed by atoms with E-state index in [0.29, 0.717) is 10.6 Å². The molecule has 0 aliphatic rings. The smallest absolute Gasteiger partial charge is 0.344 e. The normalized spacial score (nSPS) is 10.4. The van der Waals surface area contributed by atoms with Gasteiger partial charge in [0.25, 0.3) is 5.91 Å². The maximum atomic E-state index is 13.4. The number of nitrogens with one attached hydrogen (secondary N) is 1. The Balaban J connectivity index is 2.01. The molecule has 2 rings (SSSR count). The van der Waals surface area contributed by atoms with Crippen LogP contribution in [0.3, 0.4) is 0 Å². The first-order valence-electron chi connectivity index (χ1n) is 6.53. The number of benzene rings is 1. The van der Waals surface area contributed by atoms with Crippen molar-refractivity contribution in [3.8, 4) is 0 Å². The van der Waals surface area contributed by atoms with E-state index in [1.165, 1.54) is 6.20 Å². The molecule has 2 aromatic rings. The largest absolute Gasteiger partial charge is 0.452 e. The highest BCUT2D eigenvalue weighted by Crippen LogP contribution is 2.28. The third kappa shape index (κ3) is 3.98. The Hall–Kier alpha value is -2.25. The van der Waals surface area contributed by atoms with Gasteiger partial charge in [0, 0.05) is 6.20 Å². The van der Waals surface area contributed by atoms with Crippen LogP contribution in [0, 0.1) is 18.6 Å². The fourth-order valence-corrected chi connectivity index (χ4v) is 2.10.